The summed E-state index contributed by atoms with van der Waals surface area (Å²) in [5.41, 5.74) is 2.02. The van der Waals surface area contributed by atoms with Gasteiger partial charge in [0.25, 0.3) is 0 Å². The molecule has 6 nitrogen and oxygen atoms in total. The van der Waals surface area contributed by atoms with E-state index in [0.717, 1.165) is 49.9 Å². The van der Waals surface area contributed by atoms with Crippen molar-refractivity contribution in [2.24, 2.45) is 0 Å². The van der Waals surface area contributed by atoms with Crippen molar-refractivity contribution in [1.82, 2.24) is 14.8 Å². The van der Waals surface area contributed by atoms with Crippen LogP contribution in [0.5, 0.6) is 0 Å². The zero-order chi connectivity index (χ0) is 17.9. The number of nitrogens with zero attached hydrogens (tertiary/aromatic N) is 5. The predicted octanol–water partition coefficient (Wildman–Crippen LogP) is 1.81. The third-order valence-electron chi connectivity index (χ3n) is 5.19. The van der Waals surface area contributed by atoms with Gasteiger partial charge in [-0.25, -0.2) is 4.98 Å². The highest BCUT2D eigenvalue weighted by Crippen LogP contribution is 2.36. The van der Waals surface area contributed by atoms with Crippen LogP contribution < -0.4 is 9.80 Å². The monoisotopic (exact) mass is 351 g/mol. The molecule has 0 spiro atoms. The Morgan fingerprint density at radius 3 is 2.38 bits per heavy atom. The van der Waals surface area contributed by atoms with E-state index in [1.165, 1.54) is 0 Å². The van der Waals surface area contributed by atoms with Crippen molar-refractivity contribution in [2.75, 3.05) is 62.7 Å². The third-order valence-corrected chi connectivity index (χ3v) is 5.19. The largest absolute Gasteiger partial charge is 0.323 e. The van der Waals surface area contributed by atoms with Gasteiger partial charge in [0.05, 0.1) is 17.9 Å². The van der Waals surface area contributed by atoms with Crippen LogP contribution in [0.1, 0.15) is 0 Å². The van der Waals surface area contributed by atoms with Crippen LogP contribution in [-0.2, 0) is 4.79 Å². The maximum absolute atomic E-state index is 13.0. The topological polar surface area (TPSA) is 42.9 Å². The minimum Gasteiger partial charge on any atom is -0.323 e. The molecule has 2 aromatic rings. The Kier molecular flexibility index (Phi) is 4.86. The summed E-state index contributed by atoms with van der Waals surface area (Å²) in [5.74, 6) is 1.11. The van der Waals surface area contributed by atoms with E-state index >= 15 is 0 Å². The zero-order valence-electron chi connectivity index (χ0n) is 15.2. The number of pyridine rings is 1. The normalized spacial score (nSPS) is 18.7. The molecule has 0 saturated carbocycles. The molecule has 1 aromatic heterocycles. The van der Waals surface area contributed by atoms with E-state index < -0.39 is 0 Å². The van der Waals surface area contributed by atoms with Crippen molar-refractivity contribution in [3.63, 3.8) is 0 Å². The molecule has 136 valence electrons. The number of piperazine rings is 1. The van der Waals surface area contributed by atoms with Crippen LogP contribution in [0.15, 0.2) is 48.7 Å². The van der Waals surface area contributed by atoms with E-state index in [9.17, 15) is 4.79 Å². The molecular formula is C20H25N5O. The van der Waals surface area contributed by atoms with Gasteiger partial charge >= 0.3 is 0 Å². The minimum absolute atomic E-state index is 0.183. The molecule has 2 aliphatic rings. The fourth-order valence-electron chi connectivity index (χ4n) is 3.65. The van der Waals surface area contributed by atoms with Gasteiger partial charge in [-0.3, -0.25) is 9.69 Å². The van der Waals surface area contributed by atoms with Gasteiger partial charge in [0.2, 0.25) is 5.91 Å². The summed E-state index contributed by atoms with van der Waals surface area (Å²) < 4.78 is 0. The number of hydrogen-bond acceptors (Lipinski definition) is 5. The van der Waals surface area contributed by atoms with E-state index in [1.54, 1.807) is 0 Å². The number of carbonyl (C=O) groups is 1. The first-order chi connectivity index (χ1) is 12.7. The van der Waals surface area contributed by atoms with Gasteiger partial charge < -0.3 is 14.7 Å². The first-order valence-electron chi connectivity index (χ1n) is 9.21. The third kappa shape index (κ3) is 3.43. The maximum Gasteiger partial charge on any atom is 0.241 e. The quantitative estimate of drug-likeness (QED) is 0.844. The lowest BCUT2D eigenvalue weighted by Gasteiger charge is -2.38. The molecule has 0 radical (unpaired) electrons. The fraction of sp³-hybridized carbons (Fsp3) is 0.400. The van der Waals surface area contributed by atoms with Gasteiger partial charge in [-0.05, 0) is 31.3 Å². The molecule has 4 rings (SSSR count). The summed E-state index contributed by atoms with van der Waals surface area (Å²) in [5, 5.41) is 0. The summed E-state index contributed by atoms with van der Waals surface area (Å²) in [6.45, 7) is 5.89. The highest BCUT2D eigenvalue weighted by atomic mass is 16.2. The molecule has 0 atom stereocenters. The van der Waals surface area contributed by atoms with E-state index in [0.29, 0.717) is 13.1 Å². The fourth-order valence-corrected chi connectivity index (χ4v) is 3.65. The van der Waals surface area contributed by atoms with Crippen molar-refractivity contribution in [3.8, 4) is 0 Å². The number of para-hydroxylation sites is 2. The number of rotatable bonds is 3. The summed E-state index contributed by atoms with van der Waals surface area (Å²) >= 11 is 0. The molecule has 1 aromatic carbocycles. The van der Waals surface area contributed by atoms with Gasteiger partial charge in [-0.2, -0.15) is 0 Å². The molecule has 0 aliphatic carbocycles. The lowest BCUT2D eigenvalue weighted by molar-refractivity contribution is -0.120. The Labute approximate surface area is 154 Å². The molecule has 6 heteroatoms. The summed E-state index contributed by atoms with van der Waals surface area (Å²) in [4.78, 5) is 26.2. The molecule has 0 unspecified atom stereocenters. The summed E-state index contributed by atoms with van der Waals surface area (Å²) in [6, 6.07) is 14.0. The average Bonchev–Trinajstić information content (AvgIpc) is 2.69. The Hall–Kier alpha value is -2.44. The minimum atomic E-state index is 0.183. The Balaban J connectivity index is 1.53. The molecule has 26 heavy (non-hydrogen) atoms. The van der Waals surface area contributed by atoms with Crippen molar-refractivity contribution < 1.29 is 4.79 Å². The van der Waals surface area contributed by atoms with E-state index in [4.69, 9.17) is 0 Å². The number of likely N-dealkylation sites (N-methyl/N-ethyl adjacent to an activating group) is 1. The Morgan fingerprint density at radius 2 is 1.65 bits per heavy atom. The number of amides is 1. The molecule has 0 bridgehead atoms. The van der Waals surface area contributed by atoms with Crippen LogP contribution in [0.2, 0.25) is 0 Å². The van der Waals surface area contributed by atoms with Gasteiger partial charge in [-0.15, -0.1) is 0 Å². The highest BCUT2D eigenvalue weighted by molar-refractivity contribution is 5.99. The number of benzene rings is 1. The number of aromatic nitrogens is 1. The molecule has 1 fully saturated rings. The van der Waals surface area contributed by atoms with Crippen molar-refractivity contribution in [1.29, 1.82) is 0 Å². The van der Waals surface area contributed by atoms with Crippen LogP contribution >= 0.6 is 0 Å². The predicted molar refractivity (Wildman–Crippen MR) is 104 cm³/mol. The molecular weight excluding hydrogens is 326 g/mol. The molecule has 0 N–H and O–H groups in total. The second-order valence-electron chi connectivity index (χ2n) is 6.95. The summed E-state index contributed by atoms with van der Waals surface area (Å²) in [6.07, 6.45) is 1.81. The van der Waals surface area contributed by atoms with Crippen molar-refractivity contribution in [2.45, 2.75) is 0 Å². The van der Waals surface area contributed by atoms with Crippen molar-refractivity contribution >= 4 is 23.1 Å². The molecule has 1 saturated heterocycles. The van der Waals surface area contributed by atoms with Crippen LogP contribution in [0, 0.1) is 0 Å². The molecule has 1 amide bonds. The second-order valence-corrected chi connectivity index (χ2v) is 6.95. The molecule has 2 aliphatic heterocycles. The lowest BCUT2D eigenvalue weighted by atomic mass is 10.1. The van der Waals surface area contributed by atoms with Gasteiger partial charge in [0.15, 0.2) is 0 Å². The number of fused-ring (bicyclic) bond motifs is 1. The zero-order valence-corrected chi connectivity index (χ0v) is 15.2. The van der Waals surface area contributed by atoms with Gasteiger partial charge in [0.1, 0.15) is 5.82 Å². The van der Waals surface area contributed by atoms with Crippen LogP contribution in [-0.4, -0.2) is 73.6 Å². The number of anilines is 3. The van der Waals surface area contributed by atoms with Crippen LogP contribution in [0.3, 0.4) is 0 Å². The first-order valence-corrected chi connectivity index (χ1v) is 9.21. The summed E-state index contributed by atoms with van der Waals surface area (Å²) in [7, 11) is 2.13. The molecule has 3 heterocycles. The average molecular weight is 351 g/mol. The lowest BCUT2D eigenvalue weighted by Crippen LogP contribution is -2.51. The van der Waals surface area contributed by atoms with E-state index in [2.05, 4.69) is 32.8 Å². The van der Waals surface area contributed by atoms with Gasteiger partial charge in [0, 0.05) is 45.5 Å². The highest BCUT2D eigenvalue weighted by Gasteiger charge is 2.29. The smallest absolute Gasteiger partial charge is 0.241 e. The van der Waals surface area contributed by atoms with Crippen LogP contribution in [0.25, 0.3) is 0 Å². The SMILES string of the molecule is CN1CCN(CC(=O)N2CCN(c3ccccn3)c3ccccc32)CC1. The standard InChI is InChI=1S/C20H25N5O/c1-22-10-12-23(13-11-22)16-20(26)25-15-14-24(19-8-4-5-9-21-19)17-6-2-3-7-18(17)25/h2-9H,10-16H2,1H3. The van der Waals surface area contributed by atoms with Crippen molar-refractivity contribution in [3.05, 3.63) is 48.7 Å². The number of carbonyl (C=O) groups excluding carboxylic acids is 1. The Morgan fingerprint density at radius 1 is 0.923 bits per heavy atom. The van der Waals surface area contributed by atoms with E-state index in [-0.39, 0.29) is 5.91 Å². The number of hydrogen-bond donors (Lipinski definition) is 0. The Bertz CT molecular complexity index is 758. The maximum atomic E-state index is 13.0. The van der Waals surface area contributed by atoms with Crippen LogP contribution in [0.4, 0.5) is 17.2 Å². The first kappa shape index (κ1) is 17.0. The second kappa shape index (κ2) is 7.43. The van der Waals surface area contributed by atoms with Gasteiger partial charge in [-0.1, -0.05) is 18.2 Å². The van der Waals surface area contributed by atoms with E-state index in [1.807, 2.05) is 47.5 Å².